The summed E-state index contributed by atoms with van der Waals surface area (Å²) in [5, 5.41) is 10.6. The molecule has 0 saturated carbocycles. The van der Waals surface area contributed by atoms with E-state index in [9.17, 15) is 18.8 Å². The standard InChI is InChI=1S/C35H29FN4O5S2/c1-44-27-15-16-31(45-2)24(17-27)18-29(38-33(42)23-7-4-3-5-8-23)34(43)37-26-9-6-10-28(19-26)46-21-32(41)40-35-39-30(20-47-35)22-11-13-25(36)14-12-22/h3-20H,21H2,1-2H3,(H,37,43)(H,38,42)(H,39,40,41)/b29-18+. The number of carbonyl (C=O) groups excluding carboxylic acids is 3. The highest BCUT2D eigenvalue weighted by Crippen LogP contribution is 2.28. The first-order chi connectivity index (χ1) is 22.8. The summed E-state index contributed by atoms with van der Waals surface area (Å²) >= 11 is 2.55. The Morgan fingerprint density at radius 3 is 2.43 bits per heavy atom. The molecule has 12 heteroatoms. The molecule has 0 unspecified atom stereocenters. The Hall–Kier alpha value is -5.46. The summed E-state index contributed by atoms with van der Waals surface area (Å²) in [6.45, 7) is 0. The lowest BCUT2D eigenvalue weighted by atomic mass is 10.1. The number of benzene rings is 4. The van der Waals surface area contributed by atoms with E-state index in [0.717, 1.165) is 10.5 Å². The molecule has 9 nitrogen and oxygen atoms in total. The largest absolute Gasteiger partial charge is 0.497 e. The van der Waals surface area contributed by atoms with Gasteiger partial charge in [0.05, 0.1) is 25.7 Å². The molecule has 238 valence electrons. The van der Waals surface area contributed by atoms with E-state index in [1.54, 1.807) is 84.2 Å². The third-order valence-electron chi connectivity index (χ3n) is 6.62. The van der Waals surface area contributed by atoms with Crippen LogP contribution in [-0.2, 0) is 9.59 Å². The average Bonchev–Trinajstić information content (AvgIpc) is 3.56. The molecule has 0 aliphatic rings. The number of nitrogens with one attached hydrogen (secondary N) is 3. The molecule has 0 bridgehead atoms. The van der Waals surface area contributed by atoms with Crippen LogP contribution < -0.4 is 25.4 Å². The minimum absolute atomic E-state index is 0.0219. The maximum absolute atomic E-state index is 13.6. The summed E-state index contributed by atoms with van der Waals surface area (Å²) < 4.78 is 24.0. The second-order valence-corrected chi connectivity index (χ2v) is 11.8. The van der Waals surface area contributed by atoms with E-state index >= 15 is 0 Å². The van der Waals surface area contributed by atoms with E-state index in [1.165, 1.54) is 55.5 Å². The number of nitrogens with zero attached hydrogens (tertiary/aromatic N) is 1. The van der Waals surface area contributed by atoms with Crippen molar-refractivity contribution in [2.24, 2.45) is 0 Å². The number of halogens is 1. The van der Waals surface area contributed by atoms with E-state index in [2.05, 4.69) is 20.9 Å². The topological polar surface area (TPSA) is 119 Å². The number of thiazole rings is 1. The van der Waals surface area contributed by atoms with Gasteiger partial charge in [-0.15, -0.1) is 23.1 Å². The van der Waals surface area contributed by atoms with Crippen molar-refractivity contribution < 1.29 is 28.2 Å². The zero-order chi connectivity index (χ0) is 33.2. The lowest BCUT2D eigenvalue weighted by Gasteiger charge is -2.13. The number of rotatable bonds is 12. The van der Waals surface area contributed by atoms with E-state index < -0.39 is 11.8 Å². The number of methoxy groups -OCH3 is 2. The van der Waals surface area contributed by atoms with E-state index in [-0.39, 0.29) is 23.2 Å². The van der Waals surface area contributed by atoms with Crippen LogP contribution in [0.15, 0.2) is 113 Å². The Bertz CT molecular complexity index is 1910. The molecule has 1 heterocycles. The molecule has 0 saturated heterocycles. The third-order valence-corrected chi connectivity index (χ3v) is 8.37. The second-order valence-electron chi connectivity index (χ2n) is 9.85. The molecule has 0 atom stereocenters. The predicted octanol–water partition coefficient (Wildman–Crippen LogP) is 7.11. The Morgan fingerprint density at radius 1 is 0.894 bits per heavy atom. The van der Waals surface area contributed by atoms with Crippen molar-refractivity contribution in [2.45, 2.75) is 4.90 Å². The molecule has 3 N–H and O–H groups in total. The quantitative estimate of drug-likeness (QED) is 0.0958. The minimum atomic E-state index is -0.570. The molecule has 0 radical (unpaired) electrons. The van der Waals surface area contributed by atoms with Gasteiger partial charge in [-0.1, -0.05) is 24.3 Å². The Balaban J connectivity index is 1.27. The Kier molecular flexibility index (Phi) is 11.0. The smallest absolute Gasteiger partial charge is 0.272 e. The van der Waals surface area contributed by atoms with Gasteiger partial charge in [0.25, 0.3) is 11.8 Å². The molecule has 0 fully saturated rings. The number of aromatic nitrogens is 1. The number of carbonyl (C=O) groups is 3. The number of thioether (sulfide) groups is 1. The lowest BCUT2D eigenvalue weighted by molar-refractivity contribution is -0.114. The van der Waals surface area contributed by atoms with Gasteiger partial charge in [-0.25, -0.2) is 9.37 Å². The molecule has 3 amide bonds. The summed E-state index contributed by atoms with van der Waals surface area (Å²) in [5.41, 5.74) is 2.72. The van der Waals surface area contributed by atoms with Crippen LogP contribution in [0.2, 0.25) is 0 Å². The SMILES string of the molecule is COc1ccc(OC)c(/C=C(/NC(=O)c2ccccc2)C(=O)Nc2cccc(SCC(=O)Nc3nc(-c4ccc(F)cc4)cs3)c2)c1. The first-order valence-corrected chi connectivity index (χ1v) is 16.0. The van der Waals surface area contributed by atoms with Gasteiger partial charge < -0.3 is 25.4 Å². The van der Waals surface area contributed by atoms with Crippen molar-refractivity contribution in [3.63, 3.8) is 0 Å². The summed E-state index contributed by atoms with van der Waals surface area (Å²) in [5.74, 6) is -0.510. The van der Waals surface area contributed by atoms with Crippen molar-refractivity contribution in [1.29, 1.82) is 0 Å². The van der Waals surface area contributed by atoms with Crippen LogP contribution in [0.5, 0.6) is 11.5 Å². The van der Waals surface area contributed by atoms with Crippen molar-refractivity contribution in [3.8, 4) is 22.8 Å². The second kappa shape index (κ2) is 15.7. The number of amides is 3. The average molecular weight is 669 g/mol. The fourth-order valence-corrected chi connectivity index (χ4v) is 5.79. The highest BCUT2D eigenvalue weighted by molar-refractivity contribution is 8.00. The van der Waals surface area contributed by atoms with Crippen molar-refractivity contribution in [1.82, 2.24) is 10.3 Å². The molecule has 1 aromatic heterocycles. The van der Waals surface area contributed by atoms with Gasteiger partial charge in [-0.05, 0) is 78.9 Å². The van der Waals surface area contributed by atoms with Crippen LogP contribution >= 0.6 is 23.1 Å². The zero-order valence-electron chi connectivity index (χ0n) is 25.3. The first kappa shape index (κ1) is 32.9. The maximum atomic E-state index is 13.6. The van der Waals surface area contributed by atoms with E-state index in [0.29, 0.717) is 39.1 Å². The van der Waals surface area contributed by atoms with E-state index in [1.807, 2.05) is 6.07 Å². The van der Waals surface area contributed by atoms with Crippen molar-refractivity contribution >= 4 is 57.7 Å². The van der Waals surface area contributed by atoms with Crippen LogP contribution in [-0.4, -0.2) is 42.7 Å². The summed E-state index contributed by atoms with van der Waals surface area (Å²) in [6.07, 6.45) is 1.51. The summed E-state index contributed by atoms with van der Waals surface area (Å²) in [6, 6.07) is 26.6. The maximum Gasteiger partial charge on any atom is 0.272 e. The molecular formula is C35H29FN4O5S2. The predicted molar refractivity (Wildman–Crippen MR) is 183 cm³/mol. The molecule has 0 aliphatic carbocycles. The number of hydrogen-bond donors (Lipinski definition) is 3. The van der Waals surface area contributed by atoms with Crippen LogP contribution in [0.25, 0.3) is 17.3 Å². The van der Waals surface area contributed by atoms with E-state index in [4.69, 9.17) is 9.47 Å². The van der Waals surface area contributed by atoms with Gasteiger partial charge in [-0.2, -0.15) is 0 Å². The molecule has 4 aromatic carbocycles. The van der Waals surface area contributed by atoms with Gasteiger partial charge in [0, 0.05) is 32.7 Å². The molecule has 0 spiro atoms. The summed E-state index contributed by atoms with van der Waals surface area (Å²) in [7, 11) is 3.03. The van der Waals surface area contributed by atoms with Crippen LogP contribution in [0.3, 0.4) is 0 Å². The summed E-state index contributed by atoms with van der Waals surface area (Å²) in [4.78, 5) is 44.4. The van der Waals surface area contributed by atoms with Crippen LogP contribution in [0.4, 0.5) is 15.2 Å². The normalized spacial score (nSPS) is 11.0. The zero-order valence-corrected chi connectivity index (χ0v) is 26.9. The first-order valence-electron chi connectivity index (χ1n) is 14.2. The third kappa shape index (κ3) is 9.06. The molecule has 0 aliphatic heterocycles. The minimum Gasteiger partial charge on any atom is -0.497 e. The van der Waals surface area contributed by atoms with Crippen molar-refractivity contribution in [3.05, 3.63) is 125 Å². The monoisotopic (exact) mass is 668 g/mol. The van der Waals surface area contributed by atoms with Gasteiger partial charge in [0.1, 0.15) is 23.0 Å². The molecular weight excluding hydrogens is 640 g/mol. The fraction of sp³-hybridized carbons (Fsp3) is 0.0857. The Labute approximate surface area is 278 Å². The highest BCUT2D eigenvalue weighted by atomic mass is 32.2. The van der Waals surface area contributed by atoms with Crippen LogP contribution in [0, 0.1) is 5.82 Å². The molecule has 47 heavy (non-hydrogen) atoms. The van der Waals surface area contributed by atoms with Gasteiger partial charge in [0.2, 0.25) is 5.91 Å². The number of hydrogen-bond acceptors (Lipinski definition) is 8. The van der Waals surface area contributed by atoms with Gasteiger partial charge in [0.15, 0.2) is 5.13 Å². The Morgan fingerprint density at radius 2 is 1.68 bits per heavy atom. The number of ether oxygens (including phenoxy) is 2. The van der Waals surface area contributed by atoms with Gasteiger partial charge >= 0.3 is 0 Å². The van der Waals surface area contributed by atoms with Gasteiger partial charge in [-0.3, -0.25) is 14.4 Å². The van der Waals surface area contributed by atoms with Crippen LogP contribution in [0.1, 0.15) is 15.9 Å². The molecule has 5 aromatic rings. The molecule has 5 rings (SSSR count). The fourth-order valence-electron chi connectivity index (χ4n) is 4.30. The lowest BCUT2D eigenvalue weighted by Crippen LogP contribution is -2.30. The van der Waals surface area contributed by atoms with Crippen molar-refractivity contribution in [2.75, 3.05) is 30.6 Å². The highest BCUT2D eigenvalue weighted by Gasteiger charge is 2.17. The number of anilines is 2.